The summed E-state index contributed by atoms with van der Waals surface area (Å²) in [5, 5.41) is 14.1. The fraction of sp³-hybridized carbons (Fsp3) is 0. The summed E-state index contributed by atoms with van der Waals surface area (Å²) in [5.41, 5.74) is 0. The van der Waals surface area contributed by atoms with Gasteiger partial charge in [-0.3, -0.25) is 9.11 Å². The van der Waals surface area contributed by atoms with Gasteiger partial charge in [0.25, 0.3) is 0 Å². The molecule has 0 aliphatic carbocycles. The zero-order valence-electron chi connectivity index (χ0n) is 5.05. The third-order valence-electron chi connectivity index (χ3n) is 0.188. The van der Waals surface area contributed by atoms with Crippen molar-refractivity contribution in [3.8, 4) is 0 Å². The Bertz CT molecular complexity index is 252. The molecule has 0 saturated carbocycles. The van der Waals surface area contributed by atoms with Gasteiger partial charge in [-0.1, -0.05) is 8.67 Å². The summed E-state index contributed by atoms with van der Waals surface area (Å²) in [4.78, 5) is 0. The van der Waals surface area contributed by atoms with Gasteiger partial charge in [0, 0.05) is 0 Å². The Morgan fingerprint density at radius 2 is 0.786 bits per heavy atom. The van der Waals surface area contributed by atoms with Crippen molar-refractivity contribution in [3.63, 3.8) is 0 Å². The van der Waals surface area contributed by atoms with Crippen molar-refractivity contribution in [2.75, 3.05) is 0 Å². The van der Waals surface area contributed by atoms with Crippen molar-refractivity contribution < 1.29 is 45.1 Å². The van der Waals surface area contributed by atoms with Crippen molar-refractivity contribution in [1.29, 1.82) is 0 Å². The second-order valence-electron chi connectivity index (χ2n) is 1.00. The van der Waals surface area contributed by atoms with Crippen molar-refractivity contribution in [2.24, 2.45) is 0 Å². The van der Waals surface area contributed by atoms with E-state index >= 15 is 0 Å². The molecule has 0 heterocycles. The van der Waals surface area contributed by atoms with E-state index in [1.807, 2.05) is 0 Å². The maximum absolute atomic E-state index is 9.08. The fourth-order valence-corrected chi connectivity index (χ4v) is 0. The van der Waals surface area contributed by atoms with E-state index in [1.54, 1.807) is 0 Å². The van der Waals surface area contributed by atoms with Crippen molar-refractivity contribution in [2.45, 2.75) is 0 Å². The summed E-state index contributed by atoms with van der Waals surface area (Å²) in [6.45, 7) is 0. The van der Waals surface area contributed by atoms with E-state index in [9.17, 15) is 0 Å². The molecule has 0 atom stereocenters. The van der Waals surface area contributed by atoms with Crippen LogP contribution in [0.2, 0.25) is 0 Å². The van der Waals surface area contributed by atoms with E-state index < -0.39 is 20.8 Å². The summed E-state index contributed by atoms with van der Waals surface area (Å²) in [7, 11) is -9.21. The summed E-state index contributed by atoms with van der Waals surface area (Å²) >= 11 is 0. The van der Waals surface area contributed by atoms with Gasteiger partial charge in [0.05, 0.1) is 0 Å². The quantitative estimate of drug-likeness (QED) is 0.180. The Balaban J connectivity index is -0.0000000625. The molecule has 0 aromatic rings. The van der Waals surface area contributed by atoms with Crippen molar-refractivity contribution in [1.82, 2.24) is 0 Å². The molecule has 14 heavy (non-hydrogen) atoms. The van der Waals surface area contributed by atoms with E-state index in [-0.39, 0.29) is 59.1 Å². The molecule has 0 bridgehead atoms. The van der Waals surface area contributed by atoms with Gasteiger partial charge in [-0.25, -0.2) is 10.5 Å². The molecule has 0 fully saturated rings. The molecule has 14 heteroatoms. The van der Waals surface area contributed by atoms with Crippen LogP contribution in [0.3, 0.4) is 0 Å². The molecular formula is H6Na2O10S2. The number of rotatable bonds is 2. The van der Waals surface area contributed by atoms with Crippen LogP contribution in [0.1, 0.15) is 0 Å². The first kappa shape index (κ1) is 24.8. The standard InChI is InChI=1S/2Na.2H2O5S.2H/c;;2*1-5-6(2,3)4;;/h;;2*1H,(H,2,3,4);;. The molecule has 0 radical (unpaired) electrons. The average molecular weight is 276 g/mol. The molecule has 0 amide bonds. The number of hydrogen-bond acceptors (Lipinski definition) is 8. The summed E-state index contributed by atoms with van der Waals surface area (Å²) in [6, 6.07) is 0. The topological polar surface area (TPSA) is 168 Å². The van der Waals surface area contributed by atoms with Gasteiger partial charge in [0.2, 0.25) is 0 Å². The van der Waals surface area contributed by atoms with Crippen molar-refractivity contribution >= 4 is 79.9 Å². The van der Waals surface area contributed by atoms with Gasteiger partial charge in [-0.05, 0) is 0 Å². The Morgan fingerprint density at radius 3 is 0.786 bits per heavy atom. The molecule has 0 rings (SSSR count). The zero-order chi connectivity index (χ0) is 10.4. The summed E-state index contributed by atoms with van der Waals surface area (Å²) in [6.07, 6.45) is 0. The van der Waals surface area contributed by atoms with Gasteiger partial charge in [-0.2, -0.15) is 16.8 Å². The fourth-order valence-electron chi connectivity index (χ4n) is 0. The van der Waals surface area contributed by atoms with Crippen LogP contribution in [0.4, 0.5) is 0 Å². The first-order valence-electron chi connectivity index (χ1n) is 1.73. The van der Waals surface area contributed by atoms with Crippen LogP contribution in [-0.4, -0.2) is 95.6 Å². The van der Waals surface area contributed by atoms with Crippen LogP contribution in [0.15, 0.2) is 0 Å². The minimum absolute atomic E-state index is 0. The van der Waals surface area contributed by atoms with Crippen LogP contribution in [0, 0.1) is 0 Å². The maximum atomic E-state index is 9.08. The minimum atomic E-state index is -4.61. The van der Waals surface area contributed by atoms with Gasteiger partial charge in [0.15, 0.2) is 0 Å². The van der Waals surface area contributed by atoms with Crippen LogP contribution in [0.25, 0.3) is 0 Å². The second-order valence-corrected chi connectivity index (χ2v) is 3.01. The van der Waals surface area contributed by atoms with Crippen molar-refractivity contribution in [3.05, 3.63) is 0 Å². The third-order valence-corrected chi connectivity index (χ3v) is 0.565. The van der Waals surface area contributed by atoms with E-state index in [2.05, 4.69) is 8.67 Å². The molecule has 0 saturated heterocycles. The predicted molar refractivity (Wildman–Crippen MR) is 44.8 cm³/mol. The Kier molecular flexibility index (Phi) is 19.7. The van der Waals surface area contributed by atoms with Gasteiger partial charge in [-0.15, -0.1) is 0 Å². The zero-order valence-corrected chi connectivity index (χ0v) is 6.69. The van der Waals surface area contributed by atoms with Gasteiger partial charge < -0.3 is 0 Å². The first-order chi connectivity index (χ1) is 5.12. The second kappa shape index (κ2) is 11.2. The van der Waals surface area contributed by atoms with Gasteiger partial charge in [0.1, 0.15) is 0 Å². The van der Waals surface area contributed by atoms with Gasteiger partial charge >= 0.3 is 79.9 Å². The van der Waals surface area contributed by atoms with E-state index in [0.717, 1.165) is 0 Å². The molecule has 0 aromatic carbocycles. The van der Waals surface area contributed by atoms with E-state index in [1.165, 1.54) is 0 Å². The summed E-state index contributed by atoms with van der Waals surface area (Å²) in [5.74, 6) is 0. The SMILES string of the molecule is O=S(=O)(O)OO.O=S(=O)(O)OO.[NaH].[NaH]. The monoisotopic (exact) mass is 276 g/mol. The molecule has 0 spiro atoms. The Labute approximate surface area is 124 Å². The Morgan fingerprint density at radius 1 is 0.714 bits per heavy atom. The van der Waals surface area contributed by atoms with E-state index in [4.69, 9.17) is 36.5 Å². The van der Waals surface area contributed by atoms with Crippen LogP contribution < -0.4 is 0 Å². The molecule has 10 nitrogen and oxygen atoms in total. The third kappa shape index (κ3) is 37.3. The Hall–Kier alpha value is 1.66. The van der Waals surface area contributed by atoms with Crippen LogP contribution >= 0.6 is 0 Å². The summed E-state index contributed by atoms with van der Waals surface area (Å²) < 4.78 is 55.9. The molecule has 0 aliphatic rings. The molecule has 0 aliphatic heterocycles. The predicted octanol–water partition coefficient (Wildman–Crippen LogP) is -2.74. The first-order valence-corrected chi connectivity index (χ1v) is 4.46. The van der Waals surface area contributed by atoms with E-state index in [0.29, 0.717) is 0 Å². The molecule has 0 aromatic heterocycles. The molecule has 0 unspecified atom stereocenters. The number of hydrogen-bond donors (Lipinski definition) is 4. The average Bonchev–Trinajstić information content (AvgIpc) is 1.86. The molecule has 4 N–H and O–H groups in total. The van der Waals surface area contributed by atoms with Crippen LogP contribution in [0.5, 0.6) is 0 Å². The molecule has 80 valence electrons. The normalized spacial score (nSPS) is 10.0. The molecular weight excluding hydrogens is 270 g/mol. The van der Waals surface area contributed by atoms with Crippen LogP contribution in [-0.2, 0) is 29.5 Å².